The molecule has 1 aromatic carbocycles. The van der Waals surface area contributed by atoms with Crippen molar-refractivity contribution >= 4 is 0 Å². The molecule has 0 N–H and O–H groups in total. The van der Waals surface area contributed by atoms with E-state index in [1.54, 1.807) is 0 Å². The molecule has 1 aromatic rings. The predicted molar refractivity (Wildman–Crippen MR) is 51.8 cm³/mol. The van der Waals surface area contributed by atoms with Crippen molar-refractivity contribution in [1.82, 2.24) is 0 Å². The van der Waals surface area contributed by atoms with Crippen molar-refractivity contribution < 1.29 is 4.74 Å². The lowest BCUT2D eigenvalue weighted by Gasteiger charge is -2.14. The summed E-state index contributed by atoms with van der Waals surface area (Å²) in [6.45, 7) is 0. The molecule has 0 radical (unpaired) electrons. The number of benzene rings is 1. The van der Waals surface area contributed by atoms with Crippen LogP contribution in [-0.4, -0.2) is 6.10 Å². The molecule has 0 amide bonds. The van der Waals surface area contributed by atoms with E-state index in [1.807, 2.05) is 6.07 Å². The zero-order valence-electron chi connectivity index (χ0n) is 7.84. The summed E-state index contributed by atoms with van der Waals surface area (Å²) in [5.41, 5.74) is 0. The van der Waals surface area contributed by atoms with Crippen molar-refractivity contribution in [2.75, 3.05) is 0 Å². The molecule has 5 saturated carbocycles. The van der Waals surface area contributed by atoms with E-state index in [2.05, 4.69) is 24.3 Å². The highest BCUT2D eigenvalue weighted by Crippen LogP contribution is 2.92. The molecule has 0 heterocycles. The first-order valence-corrected chi connectivity index (χ1v) is 5.68. The first kappa shape index (κ1) is 6.49. The average molecular weight is 184 g/mol. The van der Waals surface area contributed by atoms with Gasteiger partial charge in [-0.2, -0.15) is 0 Å². The molecule has 0 aliphatic heterocycles. The third-order valence-electron chi connectivity index (χ3n) is 5.05. The molecule has 5 aliphatic rings. The quantitative estimate of drug-likeness (QED) is 0.684. The summed E-state index contributed by atoms with van der Waals surface area (Å²) >= 11 is 0. The maximum Gasteiger partial charge on any atom is 0.119 e. The molecule has 0 unspecified atom stereocenters. The minimum absolute atomic E-state index is 0.599. The summed E-state index contributed by atoms with van der Waals surface area (Å²) in [6.07, 6.45) is 0.599. The molecule has 0 saturated heterocycles. The van der Waals surface area contributed by atoms with E-state index in [1.165, 1.54) is 0 Å². The Labute approximate surface area is 83.1 Å². The standard InChI is InChI=1S/C13H12O/c1-2-4-6(5-3-1)14-13-11-7-8(11)10-9(7)12(10)13/h1-5,7-13H. The summed E-state index contributed by atoms with van der Waals surface area (Å²) in [6, 6.07) is 10.3. The van der Waals surface area contributed by atoms with E-state index in [0.29, 0.717) is 6.10 Å². The summed E-state index contributed by atoms with van der Waals surface area (Å²) in [4.78, 5) is 0. The first-order valence-electron chi connectivity index (χ1n) is 5.68. The Morgan fingerprint density at radius 2 is 1.29 bits per heavy atom. The van der Waals surface area contributed by atoms with E-state index < -0.39 is 0 Å². The van der Waals surface area contributed by atoms with E-state index in [-0.39, 0.29) is 0 Å². The lowest BCUT2D eigenvalue weighted by atomic mass is 10.0. The molecule has 5 aliphatic carbocycles. The second-order valence-electron chi connectivity index (χ2n) is 5.36. The van der Waals surface area contributed by atoms with Crippen LogP contribution in [-0.2, 0) is 0 Å². The number of hydrogen-bond donors (Lipinski definition) is 0. The Balaban J connectivity index is 1.46. The number of ether oxygens (including phenoxy) is 1. The zero-order chi connectivity index (χ0) is 8.86. The van der Waals surface area contributed by atoms with Crippen molar-refractivity contribution in [2.45, 2.75) is 6.10 Å². The first-order chi connectivity index (χ1) is 6.97. The van der Waals surface area contributed by atoms with E-state index in [4.69, 9.17) is 4.74 Å². The van der Waals surface area contributed by atoms with Gasteiger partial charge in [0.15, 0.2) is 0 Å². The summed E-state index contributed by atoms with van der Waals surface area (Å²) in [5, 5.41) is 0. The van der Waals surface area contributed by atoms with Crippen LogP contribution in [0.1, 0.15) is 0 Å². The normalized spacial score (nSPS) is 58.7. The molecule has 2 bridgehead atoms. The maximum atomic E-state index is 6.10. The topological polar surface area (TPSA) is 9.23 Å². The van der Waals surface area contributed by atoms with Crippen LogP contribution in [0.5, 0.6) is 5.75 Å². The van der Waals surface area contributed by atoms with Gasteiger partial charge in [0.1, 0.15) is 11.9 Å². The lowest BCUT2D eigenvalue weighted by molar-refractivity contribution is 0.177. The molecule has 70 valence electrons. The average Bonchev–Trinajstić information content (AvgIpc) is 2.92. The predicted octanol–water partition coefficient (Wildman–Crippen LogP) is 2.19. The largest absolute Gasteiger partial charge is 0.490 e. The van der Waals surface area contributed by atoms with Gasteiger partial charge < -0.3 is 4.74 Å². The Kier molecular flexibility index (Phi) is 0.804. The van der Waals surface area contributed by atoms with E-state index in [9.17, 15) is 0 Å². The van der Waals surface area contributed by atoms with Crippen molar-refractivity contribution in [3.8, 4) is 5.75 Å². The van der Waals surface area contributed by atoms with Gasteiger partial charge in [0.25, 0.3) is 0 Å². The summed E-state index contributed by atoms with van der Waals surface area (Å²) in [5.74, 6) is 7.45. The van der Waals surface area contributed by atoms with Gasteiger partial charge in [-0.3, -0.25) is 0 Å². The molecule has 0 atom stereocenters. The van der Waals surface area contributed by atoms with Gasteiger partial charge in [0.05, 0.1) is 0 Å². The lowest BCUT2D eigenvalue weighted by Crippen LogP contribution is -2.17. The molecular formula is C13H12O. The van der Waals surface area contributed by atoms with Crippen molar-refractivity contribution in [3.63, 3.8) is 0 Å². The van der Waals surface area contributed by atoms with Crippen molar-refractivity contribution in [3.05, 3.63) is 30.3 Å². The van der Waals surface area contributed by atoms with Crippen LogP contribution in [0, 0.1) is 35.5 Å². The Hall–Kier alpha value is -0.980. The highest BCUT2D eigenvalue weighted by Gasteiger charge is 2.92. The minimum atomic E-state index is 0.599. The van der Waals surface area contributed by atoms with Crippen LogP contribution in [0.3, 0.4) is 0 Å². The number of para-hydroxylation sites is 1. The Morgan fingerprint density at radius 1 is 0.714 bits per heavy atom. The minimum Gasteiger partial charge on any atom is -0.490 e. The molecule has 1 heteroatoms. The number of hydrogen-bond acceptors (Lipinski definition) is 1. The van der Waals surface area contributed by atoms with Gasteiger partial charge >= 0.3 is 0 Å². The zero-order valence-corrected chi connectivity index (χ0v) is 7.84. The smallest absolute Gasteiger partial charge is 0.119 e. The summed E-state index contributed by atoms with van der Waals surface area (Å²) in [7, 11) is 0. The van der Waals surface area contributed by atoms with E-state index in [0.717, 1.165) is 41.3 Å². The molecule has 5 fully saturated rings. The van der Waals surface area contributed by atoms with Crippen molar-refractivity contribution in [2.24, 2.45) is 35.5 Å². The fraction of sp³-hybridized carbons (Fsp3) is 0.538. The highest BCUT2D eigenvalue weighted by molar-refractivity contribution is 5.40. The molecule has 0 spiro atoms. The highest BCUT2D eigenvalue weighted by atomic mass is 16.5. The third-order valence-corrected chi connectivity index (χ3v) is 5.05. The van der Waals surface area contributed by atoms with Crippen LogP contribution in [0.15, 0.2) is 30.3 Å². The fourth-order valence-corrected chi connectivity index (χ4v) is 4.62. The summed E-state index contributed by atoms with van der Waals surface area (Å²) < 4.78 is 6.10. The monoisotopic (exact) mass is 184 g/mol. The molecular weight excluding hydrogens is 172 g/mol. The molecule has 6 rings (SSSR count). The number of rotatable bonds is 2. The molecule has 14 heavy (non-hydrogen) atoms. The van der Waals surface area contributed by atoms with Gasteiger partial charge in [0, 0.05) is 11.8 Å². The van der Waals surface area contributed by atoms with Gasteiger partial charge in [-0.15, -0.1) is 0 Å². The van der Waals surface area contributed by atoms with Crippen LogP contribution < -0.4 is 4.74 Å². The second-order valence-corrected chi connectivity index (χ2v) is 5.36. The van der Waals surface area contributed by atoms with Gasteiger partial charge in [-0.05, 0) is 35.8 Å². The van der Waals surface area contributed by atoms with E-state index >= 15 is 0 Å². The Morgan fingerprint density at radius 3 is 1.86 bits per heavy atom. The van der Waals surface area contributed by atoms with Crippen molar-refractivity contribution in [1.29, 1.82) is 0 Å². The van der Waals surface area contributed by atoms with Crippen LogP contribution >= 0.6 is 0 Å². The SMILES string of the molecule is c1ccc(OC2C3C4C3C3C2C43)cc1. The fourth-order valence-electron chi connectivity index (χ4n) is 4.62. The Bertz CT molecular complexity index is 369. The van der Waals surface area contributed by atoms with Gasteiger partial charge in [-0.1, -0.05) is 18.2 Å². The maximum absolute atomic E-state index is 6.10. The van der Waals surface area contributed by atoms with Gasteiger partial charge in [-0.25, -0.2) is 0 Å². The van der Waals surface area contributed by atoms with Crippen LogP contribution in [0.2, 0.25) is 0 Å². The second kappa shape index (κ2) is 1.73. The molecule has 0 aromatic heterocycles. The third kappa shape index (κ3) is 0.500. The van der Waals surface area contributed by atoms with Crippen LogP contribution in [0.25, 0.3) is 0 Å². The van der Waals surface area contributed by atoms with Crippen LogP contribution in [0.4, 0.5) is 0 Å². The molecule has 1 nitrogen and oxygen atoms in total. The van der Waals surface area contributed by atoms with Gasteiger partial charge in [0.2, 0.25) is 0 Å².